The molecule has 0 amide bonds. The van der Waals surface area contributed by atoms with Gasteiger partial charge in [-0.25, -0.2) is 0 Å². The second-order valence-corrected chi connectivity index (χ2v) is 6.19. The highest BCUT2D eigenvalue weighted by Gasteiger charge is 2.23. The van der Waals surface area contributed by atoms with Gasteiger partial charge in [0.05, 0.1) is 6.54 Å². The highest BCUT2D eigenvalue weighted by atomic mass is 16.1. The molecule has 1 aliphatic heterocycles. The Kier molecular flexibility index (Phi) is 5.95. The van der Waals surface area contributed by atoms with Crippen LogP contribution in [-0.4, -0.2) is 42.9 Å². The van der Waals surface area contributed by atoms with Crippen molar-refractivity contribution >= 4 is 5.78 Å². The van der Waals surface area contributed by atoms with Crippen LogP contribution in [0.3, 0.4) is 0 Å². The fraction of sp³-hybridized carbons (Fsp3) is 0.611. The van der Waals surface area contributed by atoms with E-state index in [1.165, 1.54) is 0 Å². The molecule has 2 rings (SSSR count). The summed E-state index contributed by atoms with van der Waals surface area (Å²) in [5.74, 6) is 0.267. The van der Waals surface area contributed by atoms with E-state index in [0.717, 1.165) is 55.6 Å². The molecular formula is C18H28N2O. The Labute approximate surface area is 128 Å². The topological polar surface area (TPSA) is 32.3 Å². The third-order valence-electron chi connectivity index (χ3n) is 4.38. The van der Waals surface area contributed by atoms with Crippen LogP contribution in [0.2, 0.25) is 0 Å². The lowest BCUT2D eigenvalue weighted by Gasteiger charge is -2.34. The van der Waals surface area contributed by atoms with Crippen LogP contribution >= 0.6 is 0 Å². The highest BCUT2D eigenvalue weighted by Crippen LogP contribution is 2.16. The number of carbonyl (C=O) groups is 1. The molecule has 0 aliphatic carbocycles. The second kappa shape index (κ2) is 7.71. The van der Waals surface area contributed by atoms with Crippen molar-refractivity contribution in [2.75, 3.05) is 26.2 Å². The molecule has 0 bridgehead atoms. The van der Waals surface area contributed by atoms with E-state index in [-0.39, 0.29) is 5.78 Å². The molecule has 1 aliphatic rings. The van der Waals surface area contributed by atoms with Crippen LogP contribution in [-0.2, 0) is 0 Å². The molecule has 1 aromatic carbocycles. The van der Waals surface area contributed by atoms with Crippen LogP contribution in [0, 0.1) is 13.8 Å². The third kappa shape index (κ3) is 4.39. The van der Waals surface area contributed by atoms with Crippen LogP contribution < -0.4 is 5.32 Å². The van der Waals surface area contributed by atoms with Gasteiger partial charge in [-0.05, 0) is 64.4 Å². The van der Waals surface area contributed by atoms with Crippen molar-refractivity contribution in [3.8, 4) is 0 Å². The number of rotatable bonds is 6. The number of carbonyl (C=O) groups excluding carboxylic acids is 1. The van der Waals surface area contributed by atoms with Gasteiger partial charge in [-0.15, -0.1) is 0 Å². The van der Waals surface area contributed by atoms with Crippen LogP contribution in [0.4, 0.5) is 0 Å². The van der Waals surface area contributed by atoms with E-state index >= 15 is 0 Å². The normalized spacial score (nSPS) is 16.4. The molecule has 0 saturated carbocycles. The zero-order valence-corrected chi connectivity index (χ0v) is 13.6. The summed E-state index contributed by atoms with van der Waals surface area (Å²) >= 11 is 0. The molecule has 1 fully saturated rings. The molecule has 0 spiro atoms. The van der Waals surface area contributed by atoms with Gasteiger partial charge in [0, 0.05) is 11.6 Å². The number of hydrogen-bond acceptors (Lipinski definition) is 3. The van der Waals surface area contributed by atoms with Gasteiger partial charge in [-0.3, -0.25) is 9.69 Å². The maximum absolute atomic E-state index is 12.7. The van der Waals surface area contributed by atoms with E-state index in [9.17, 15) is 4.79 Å². The van der Waals surface area contributed by atoms with Crippen molar-refractivity contribution in [2.45, 2.75) is 46.1 Å². The van der Waals surface area contributed by atoms with Crippen molar-refractivity contribution < 1.29 is 4.79 Å². The van der Waals surface area contributed by atoms with Gasteiger partial charge in [0.2, 0.25) is 0 Å². The van der Waals surface area contributed by atoms with Gasteiger partial charge in [-0.2, -0.15) is 0 Å². The number of nitrogens with zero attached hydrogens (tertiary/aromatic N) is 1. The SMILES string of the molecule is CCCN(CC(=O)c1cc(C)ccc1C)C1CCNCC1. The minimum absolute atomic E-state index is 0.267. The van der Waals surface area contributed by atoms with E-state index in [0.29, 0.717) is 12.6 Å². The Morgan fingerprint density at radius 2 is 2.00 bits per heavy atom. The zero-order chi connectivity index (χ0) is 15.2. The maximum atomic E-state index is 12.7. The summed E-state index contributed by atoms with van der Waals surface area (Å²) in [5.41, 5.74) is 3.14. The third-order valence-corrected chi connectivity index (χ3v) is 4.38. The molecule has 0 unspecified atom stereocenters. The van der Waals surface area contributed by atoms with Crippen LogP contribution in [0.25, 0.3) is 0 Å². The molecule has 21 heavy (non-hydrogen) atoms. The lowest BCUT2D eigenvalue weighted by molar-refractivity contribution is 0.0864. The fourth-order valence-electron chi connectivity index (χ4n) is 3.16. The first-order valence-electron chi connectivity index (χ1n) is 8.17. The average Bonchev–Trinajstić information content (AvgIpc) is 2.50. The average molecular weight is 288 g/mol. The summed E-state index contributed by atoms with van der Waals surface area (Å²) < 4.78 is 0. The van der Waals surface area contributed by atoms with Crippen molar-refractivity contribution in [2.24, 2.45) is 0 Å². The Hall–Kier alpha value is -1.19. The number of ketones is 1. The first kappa shape index (κ1) is 16.2. The van der Waals surface area contributed by atoms with E-state index in [4.69, 9.17) is 0 Å². The first-order chi connectivity index (χ1) is 10.1. The van der Waals surface area contributed by atoms with Gasteiger partial charge < -0.3 is 5.32 Å². The standard InChI is InChI=1S/C18H28N2O/c1-4-11-20(16-7-9-19-10-8-16)13-18(21)17-12-14(2)5-6-15(17)3/h5-6,12,16,19H,4,7-11,13H2,1-3H3. The Morgan fingerprint density at radius 3 is 2.67 bits per heavy atom. The maximum Gasteiger partial charge on any atom is 0.177 e. The summed E-state index contributed by atoms with van der Waals surface area (Å²) in [4.78, 5) is 15.1. The summed E-state index contributed by atoms with van der Waals surface area (Å²) in [6.45, 7) is 9.99. The van der Waals surface area contributed by atoms with Crippen LogP contribution in [0.1, 0.15) is 47.7 Å². The summed E-state index contributed by atoms with van der Waals surface area (Å²) in [7, 11) is 0. The molecule has 116 valence electrons. The predicted octanol–water partition coefficient (Wildman–Crippen LogP) is 2.95. The second-order valence-electron chi connectivity index (χ2n) is 6.19. The molecule has 0 radical (unpaired) electrons. The Bertz CT molecular complexity index is 478. The molecule has 1 saturated heterocycles. The first-order valence-corrected chi connectivity index (χ1v) is 8.17. The van der Waals surface area contributed by atoms with Crippen LogP contribution in [0.5, 0.6) is 0 Å². The molecule has 1 heterocycles. The minimum atomic E-state index is 0.267. The van der Waals surface area contributed by atoms with E-state index < -0.39 is 0 Å². The van der Waals surface area contributed by atoms with E-state index in [1.54, 1.807) is 0 Å². The molecule has 0 atom stereocenters. The molecule has 3 nitrogen and oxygen atoms in total. The minimum Gasteiger partial charge on any atom is -0.317 e. The monoisotopic (exact) mass is 288 g/mol. The fourth-order valence-corrected chi connectivity index (χ4v) is 3.16. The summed E-state index contributed by atoms with van der Waals surface area (Å²) in [6, 6.07) is 6.71. The summed E-state index contributed by atoms with van der Waals surface area (Å²) in [6.07, 6.45) is 3.41. The van der Waals surface area contributed by atoms with Gasteiger partial charge in [0.1, 0.15) is 0 Å². The predicted molar refractivity (Wildman–Crippen MR) is 88.0 cm³/mol. The van der Waals surface area contributed by atoms with E-state index in [1.807, 2.05) is 19.9 Å². The number of piperidine rings is 1. The smallest absolute Gasteiger partial charge is 0.177 e. The van der Waals surface area contributed by atoms with Gasteiger partial charge in [0.15, 0.2) is 5.78 Å². The van der Waals surface area contributed by atoms with Crippen LogP contribution in [0.15, 0.2) is 18.2 Å². The lowest BCUT2D eigenvalue weighted by Crippen LogP contribution is -2.45. The summed E-state index contributed by atoms with van der Waals surface area (Å²) in [5, 5.41) is 3.40. The van der Waals surface area contributed by atoms with E-state index in [2.05, 4.69) is 29.3 Å². The lowest BCUT2D eigenvalue weighted by atomic mass is 9.99. The molecule has 1 aromatic rings. The number of nitrogens with one attached hydrogen (secondary N) is 1. The number of Topliss-reactive ketones (excluding diaryl/α,β-unsaturated/α-hetero) is 1. The number of aryl methyl sites for hydroxylation is 2. The van der Waals surface area contributed by atoms with Gasteiger partial charge in [-0.1, -0.05) is 24.6 Å². The largest absolute Gasteiger partial charge is 0.317 e. The van der Waals surface area contributed by atoms with Gasteiger partial charge >= 0.3 is 0 Å². The van der Waals surface area contributed by atoms with Crippen molar-refractivity contribution in [1.82, 2.24) is 10.2 Å². The van der Waals surface area contributed by atoms with Gasteiger partial charge in [0.25, 0.3) is 0 Å². The van der Waals surface area contributed by atoms with Crippen molar-refractivity contribution in [3.05, 3.63) is 34.9 Å². The molecular weight excluding hydrogens is 260 g/mol. The number of benzene rings is 1. The quantitative estimate of drug-likeness (QED) is 0.817. The molecule has 3 heteroatoms. The molecule has 0 aromatic heterocycles. The number of hydrogen-bond donors (Lipinski definition) is 1. The van der Waals surface area contributed by atoms with Crippen molar-refractivity contribution in [1.29, 1.82) is 0 Å². The highest BCUT2D eigenvalue weighted by molar-refractivity contribution is 5.99. The Morgan fingerprint density at radius 1 is 1.29 bits per heavy atom. The Balaban J connectivity index is 2.08. The van der Waals surface area contributed by atoms with Crippen molar-refractivity contribution in [3.63, 3.8) is 0 Å². The molecule has 1 N–H and O–H groups in total. The zero-order valence-electron chi connectivity index (χ0n) is 13.6.